The number of allylic oxidation sites excluding steroid dienone is 1. The molecule has 5 aromatic rings. The molecule has 4 aromatic carbocycles. The van der Waals surface area contributed by atoms with Crippen molar-refractivity contribution in [3.8, 4) is 0 Å². The molecule has 0 bridgehead atoms. The van der Waals surface area contributed by atoms with Crippen LogP contribution in [0.3, 0.4) is 0 Å². The highest BCUT2D eigenvalue weighted by atomic mass is 28.4. The van der Waals surface area contributed by atoms with Crippen LogP contribution in [-0.2, 0) is 20.1 Å². The summed E-state index contributed by atoms with van der Waals surface area (Å²) in [4.78, 5) is 19.2. The second-order valence-electron chi connectivity index (χ2n) is 21.9. The number of fused-ring (bicyclic) bond motifs is 5. The van der Waals surface area contributed by atoms with Gasteiger partial charge in [-0.05, 0) is 113 Å². The summed E-state index contributed by atoms with van der Waals surface area (Å²) < 4.78 is 21.6. The Morgan fingerprint density at radius 2 is 1.23 bits per heavy atom. The fourth-order valence-electron chi connectivity index (χ4n) is 13.0. The van der Waals surface area contributed by atoms with E-state index in [1.54, 1.807) is 0 Å². The van der Waals surface area contributed by atoms with Crippen molar-refractivity contribution < 1.29 is 18.1 Å². The zero-order valence-corrected chi connectivity index (χ0v) is 42.6. The van der Waals surface area contributed by atoms with E-state index in [9.17, 15) is 4.79 Å². The van der Waals surface area contributed by atoms with E-state index < -0.39 is 16.6 Å². The average Bonchev–Trinajstić information content (AvgIpc) is 3.93. The number of nitrogens with zero attached hydrogens (tertiary/aromatic N) is 2. The number of carbonyl (C=O) groups excluding carboxylic acids is 1. The molecular weight excluding hydrogens is 845 g/mol. The zero-order valence-electron chi connectivity index (χ0n) is 40.6. The highest BCUT2D eigenvalue weighted by Crippen LogP contribution is 2.67. The van der Waals surface area contributed by atoms with Gasteiger partial charge in [-0.2, -0.15) is 0 Å². The van der Waals surface area contributed by atoms with Gasteiger partial charge in [0.1, 0.15) is 11.5 Å². The number of rotatable bonds is 16. The molecule has 1 aromatic heterocycles. The number of benzene rings is 4. The Kier molecular flexibility index (Phi) is 13.7. The lowest BCUT2D eigenvalue weighted by molar-refractivity contribution is -0.135. The van der Waals surface area contributed by atoms with Crippen LogP contribution in [0.4, 0.5) is 0 Å². The third-order valence-corrected chi connectivity index (χ3v) is 25.8. The molecule has 1 spiro atoms. The molecule has 348 valence electrons. The largest absolute Gasteiger partial charge is 0.464 e. The number of likely N-dealkylation sites (tertiary alicyclic amines) is 1. The predicted octanol–water partition coefficient (Wildman–Crippen LogP) is 10.7. The van der Waals surface area contributed by atoms with Gasteiger partial charge < -0.3 is 23.1 Å². The first-order valence-electron chi connectivity index (χ1n) is 25.2. The van der Waals surface area contributed by atoms with Crippen molar-refractivity contribution in [3.05, 3.63) is 157 Å². The Morgan fingerprint density at radius 3 is 1.76 bits per heavy atom. The minimum Gasteiger partial charge on any atom is -0.464 e. The van der Waals surface area contributed by atoms with Crippen LogP contribution >= 0.6 is 0 Å². The summed E-state index contributed by atoms with van der Waals surface area (Å²) in [5.41, 5.74) is 1.35. The van der Waals surface area contributed by atoms with Crippen LogP contribution in [0, 0.1) is 5.41 Å². The Morgan fingerprint density at radius 1 is 0.697 bits per heavy atom. The SMILES string of the molecule is CC(C)(C)[Si](OCCCCCN1CC[C@@H]2c3cc(CCCO[Si](c4ccccc4)(c4ccccc4)C(C)(C)C)oc3[C@H]3N4C(=O)CCC/C=C\[C@@H]4C[C@@]23C1)(c1ccccc1)c1ccccc1. The first kappa shape index (κ1) is 46.8. The van der Waals surface area contributed by atoms with Crippen molar-refractivity contribution in [1.29, 1.82) is 0 Å². The van der Waals surface area contributed by atoms with Crippen molar-refractivity contribution >= 4 is 43.3 Å². The Bertz CT molecular complexity index is 2330. The van der Waals surface area contributed by atoms with E-state index in [4.69, 9.17) is 13.3 Å². The lowest BCUT2D eigenvalue weighted by atomic mass is 9.68. The lowest BCUT2D eigenvalue weighted by Crippen LogP contribution is -2.66. The molecule has 4 atom stereocenters. The molecule has 3 aliphatic heterocycles. The molecule has 8 heteroatoms. The molecule has 0 radical (unpaired) electrons. The fraction of sp³-hybridized carbons (Fsp3) is 0.466. The molecule has 9 rings (SSSR count). The fourth-order valence-corrected chi connectivity index (χ4v) is 22.2. The summed E-state index contributed by atoms with van der Waals surface area (Å²) in [6.45, 7) is 18.7. The van der Waals surface area contributed by atoms with Gasteiger partial charge in [0, 0.05) is 38.0 Å². The molecule has 4 heterocycles. The molecular formula is C58H74N2O4Si2. The summed E-state index contributed by atoms with van der Waals surface area (Å²) in [6.07, 6.45) is 14.3. The van der Waals surface area contributed by atoms with Crippen molar-refractivity contribution in [1.82, 2.24) is 9.80 Å². The van der Waals surface area contributed by atoms with Gasteiger partial charge in [0.25, 0.3) is 16.6 Å². The molecule has 66 heavy (non-hydrogen) atoms. The van der Waals surface area contributed by atoms with Gasteiger partial charge in [-0.25, -0.2) is 0 Å². The summed E-state index contributed by atoms with van der Waals surface area (Å²) in [5.74, 6) is 2.82. The van der Waals surface area contributed by atoms with E-state index in [-0.39, 0.29) is 27.6 Å². The van der Waals surface area contributed by atoms with Crippen molar-refractivity contribution in [2.24, 2.45) is 5.41 Å². The van der Waals surface area contributed by atoms with Gasteiger partial charge >= 0.3 is 0 Å². The Hall–Kier alpha value is -4.32. The molecule has 4 aliphatic rings. The molecule has 1 aliphatic carbocycles. The number of piperidine rings is 1. The minimum absolute atomic E-state index is 0.0116. The normalized spacial score (nSPS) is 22.8. The summed E-state index contributed by atoms with van der Waals surface area (Å²) in [5, 5.41) is 5.23. The van der Waals surface area contributed by atoms with Crippen LogP contribution in [0.2, 0.25) is 10.1 Å². The number of hydrogen-bond donors (Lipinski definition) is 0. The second-order valence-corrected chi connectivity index (χ2v) is 30.5. The molecule has 1 amide bonds. The third-order valence-electron chi connectivity index (χ3n) is 15.7. The van der Waals surface area contributed by atoms with Crippen molar-refractivity contribution in [2.45, 2.75) is 134 Å². The topological polar surface area (TPSA) is 55.2 Å². The van der Waals surface area contributed by atoms with E-state index in [1.165, 1.54) is 26.3 Å². The van der Waals surface area contributed by atoms with Gasteiger partial charge in [-0.1, -0.05) is 175 Å². The maximum absolute atomic E-state index is 14.2. The maximum Gasteiger partial charge on any atom is 0.261 e. The van der Waals surface area contributed by atoms with Crippen LogP contribution in [0.25, 0.3) is 0 Å². The van der Waals surface area contributed by atoms with E-state index in [0.717, 1.165) is 95.5 Å². The maximum atomic E-state index is 14.2. The van der Waals surface area contributed by atoms with E-state index >= 15 is 0 Å². The van der Waals surface area contributed by atoms with Crippen LogP contribution in [0.5, 0.6) is 0 Å². The zero-order chi connectivity index (χ0) is 46.0. The summed E-state index contributed by atoms with van der Waals surface area (Å²) >= 11 is 0. The van der Waals surface area contributed by atoms with Gasteiger partial charge in [0.05, 0.1) is 12.1 Å². The molecule has 0 saturated carbocycles. The van der Waals surface area contributed by atoms with Crippen LogP contribution in [-0.4, -0.2) is 71.2 Å². The standard InChI is InChI=1S/C58H74N2O4Si2/c1-56(2,3)65(47-28-14-8-15-29-47,48-30-16-9-17-31-48)62-40-24-12-23-38-59-39-37-52-51-42-46(64-54(51)55-58(52,44-59)43-45-26-13-7-22-36-53(61)60(45)55)27-25-41-63-66(57(4,5)6,49-32-18-10-19-33-49)50-34-20-11-21-35-50/h8-11,13-21,26,28-35,42,45,52,55H,7,12,22-25,27,36-41,43-44H2,1-6H3/b26-13-/t45-,52-,55-,58-/m1/s1. The molecule has 0 N–H and O–H groups in total. The smallest absolute Gasteiger partial charge is 0.261 e. The number of hydrogen-bond acceptors (Lipinski definition) is 5. The van der Waals surface area contributed by atoms with Crippen LogP contribution < -0.4 is 20.7 Å². The highest BCUT2D eigenvalue weighted by molar-refractivity contribution is 7.00. The molecule has 6 nitrogen and oxygen atoms in total. The van der Waals surface area contributed by atoms with Gasteiger partial charge in [0.2, 0.25) is 5.91 Å². The van der Waals surface area contributed by atoms with Gasteiger partial charge in [-0.15, -0.1) is 0 Å². The van der Waals surface area contributed by atoms with Gasteiger partial charge in [-0.3, -0.25) is 4.79 Å². The predicted molar refractivity (Wildman–Crippen MR) is 275 cm³/mol. The average molecular weight is 919 g/mol. The van der Waals surface area contributed by atoms with E-state index in [1.807, 2.05) is 0 Å². The highest BCUT2D eigenvalue weighted by Gasteiger charge is 2.65. The van der Waals surface area contributed by atoms with E-state index in [0.29, 0.717) is 24.9 Å². The first-order valence-corrected chi connectivity index (χ1v) is 29.0. The third kappa shape index (κ3) is 8.59. The minimum atomic E-state index is -2.62. The number of unbranched alkanes of at least 4 members (excludes halogenated alkanes) is 2. The number of furan rings is 1. The summed E-state index contributed by atoms with van der Waals surface area (Å²) in [6, 6.07) is 46.4. The van der Waals surface area contributed by atoms with Gasteiger partial charge in [0.15, 0.2) is 0 Å². The van der Waals surface area contributed by atoms with Crippen LogP contribution in [0.15, 0.2) is 144 Å². The quantitative estimate of drug-likeness (QED) is 0.0561. The number of amides is 1. The molecule has 2 saturated heterocycles. The summed E-state index contributed by atoms with van der Waals surface area (Å²) in [7, 11) is -5.16. The lowest BCUT2D eigenvalue weighted by Gasteiger charge is -2.45. The Balaban J connectivity index is 0.881. The number of aryl methyl sites for hydroxylation is 1. The second kappa shape index (κ2) is 19.4. The first-order chi connectivity index (χ1) is 31.9. The van der Waals surface area contributed by atoms with Crippen molar-refractivity contribution in [2.75, 3.05) is 32.8 Å². The monoisotopic (exact) mass is 919 g/mol. The number of carbonyl (C=O) groups is 1. The van der Waals surface area contributed by atoms with E-state index in [2.05, 4.69) is 191 Å². The molecule has 2 fully saturated rings. The Labute approximate surface area is 398 Å². The molecule has 0 unspecified atom stereocenters. The van der Waals surface area contributed by atoms with Crippen molar-refractivity contribution in [3.63, 3.8) is 0 Å². The van der Waals surface area contributed by atoms with Crippen LogP contribution in [0.1, 0.15) is 128 Å².